The van der Waals surface area contributed by atoms with Crippen molar-refractivity contribution in [3.05, 3.63) is 30.1 Å². The molecule has 2 bridgehead atoms. The first-order chi connectivity index (χ1) is 11.7. The van der Waals surface area contributed by atoms with E-state index >= 15 is 0 Å². The van der Waals surface area contributed by atoms with E-state index in [0.717, 1.165) is 44.7 Å². The number of amides is 1. The van der Waals surface area contributed by atoms with Crippen molar-refractivity contribution in [3.63, 3.8) is 0 Å². The average molecular weight is 333 g/mol. The fraction of sp³-hybridized carbons (Fsp3) is 0.611. The Hall–Kier alpha value is -1.66. The Labute approximate surface area is 141 Å². The van der Waals surface area contributed by atoms with Crippen molar-refractivity contribution in [1.29, 1.82) is 0 Å². The Morgan fingerprint density at radius 3 is 2.58 bits per heavy atom. The van der Waals surface area contributed by atoms with E-state index in [0.29, 0.717) is 19.3 Å². The molecule has 1 aromatic rings. The molecule has 1 aromatic carbocycles. The number of nitrogens with one attached hydrogen (secondary N) is 1. The molecule has 0 aromatic heterocycles. The van der Waals surface area contributed by atoms with E-state index in [1.807, 2.05) is 12.1 Å². The number of nitrogens with zero attached hydrogens (tertiary/aromatic N) is 2. The number of rotatable bonds is 2. The molecule has 0 spiro atoms. The highest BCUT2D eigenvalue weighted by molar-refractivity contribution is 5.80. The summed E-state index contributed by atoms with van der Waals surface area (Å²) in [5, 5.41) is 3.10. The summed E-state index contributed by atoms with van der Waals surface area (Å²) in [6.07, 6.45) is 2.15. The summed E-state index contributed by atoms with van der Waals surface area (Å²) in [5.41, 5.74) is 1.09. The lowest BCUT2D eigenvalue weighted by Crippen LogP contribution is -2.50. The van der Waals surface area contributed by atoms with Gasteiger partial charge in [0.15, 0.2) is 0 Å². The summed E-state index contributed by atoms with van der Waals surface area (Å²) in [7, 11) is 0. The summed E-state index contributed by atoms with van der Waals surface area (Å²) in [6.45, 7) is 4.77. The van der Waals surface area contributed by atoms with Crippen LogP contribution in [0.5, 0.6) is 0 Å². The monoisotopic (exact) mass is 333 g/mol. The molecule has 24 heavy (non-hydrogen) atoms. The Balaban J connectivity index is 1.39. The average Bonchev–Trinajstić information content (AvgIpc) is 2.84. The lowest BCUT2D eigenvalue weighted by Gasteiger charge is -2.40. The molecule has 3 saturated heterocycles. The van der Waals surface area contributed by atoms with Gasteiger partial charge in [0.25, 0.3) is 0 Å². The molecular formula is C18H24FN3O2. The van der Waals surface area contributed by atoms with Crippen LogP contribution in [0.4, 0.5) is 10.1 Å². The van der Waals surface area contributed by atoms with Gasteiger partial charge in [-0.15, -0.1) is 0 Å². The minimum Gasteiger partial charge on any atom is -0.378 e. The molecule has 2 atom stereocenters. The summed E-state index contributed by atoms with van der Waals surface area (Å²) < 4.78 is 18.7. The normalized spacial score (nSPS) is 29.2. The zero-order chi connectivity index (χ0) is 16.5. The minimum absolute atomic E-state index is 0.0485. The third-order valence-corrected chi connectivity index (χ3v) is 5.44. The number of piperidine rings is 1. The van der Waals surface area contributed by atoms with E-state index in [2.05, 4.69) is 15.1 Å². The van der Waals surface area contributed by atoms with Gasteiger partial charge in [-0.05, 0) is 37.1 Å². The molecule has 0 aliphatic carbocycles. The molecule has 3 fully saturated rings. The number of benzene rings is 1. The summed E-state index contributed by atoms with van der Waals surface area (Å²) in [6, 6.07) is 7.37. The quantitative estimate of drug-likeness (QED) is 0.885. The molecule has 0 radical (unpaired) electrons. The van der Waals surface area contributed by atoms with Crippen LogP contribution in [0.1, 0.15) is 12.8 Å². The van der Waals surface area contributed by atoms with Crippen LogP contribution in [0.15, 0.2) is 24.3 Å². The maximum absolute atomic E-state index is 13.1. The van der Waals surface area contributed by atoms with E-state index in [4.69, 9.17) is 4.74 Å². The molecule has 5 nitrogen and oxygen atoms in total. The number of ether oxygens (including phenoxy) is 1. The number of halogens is 1. The van der Waals surface area contributed by atoms with Gasteiger partial charge in [0, 0.05) is 37.9 Å². The van der Waals surface area contributed by atoms with Gasteiger partial charge in [0.05, 0.1) is 25.2 Å². The Bertz CT molecular complexity index is 586. The zero-order valence-electron chi connectivity index (χ0n) is 13.8. The molecule has 4 rings (SSSR count). The van der Waals surface area contributed by atoms with E-state index < -0.39 is 0 Å². The van der Waals surface area contributed by atoms with Gasteiger partial charge < -0.3 is 15.0 Å². The summed E-state index contributed by atoms with van der Waals surface area (Å²) in [5.74, 6) is -0.0968. The molecule has 3 heterocycles. The molecule has 1 N–H and O–H groups in total. The summed E-state index contributed by atoms with van der Waals surface area (Å²) in [4.78, 5) is 16.9. The topological polar surface area (TPSA) is 44.8 Å². The standard InChI is InChI=1S/C18H24FN3O2/c19-14-1-3-16(4-2-14)21-7-5-17(6-8-21)22-9-13-11-24-12-15(10-22)20-18(13)23/h1-4,13,15,17H,5-12H2,(H,20,23)/t13-,15+/m1/s1. The summed E-state index contributed by atoms with van der Waals surface area (Å²) >= 11 is 0. The van der Waals surface area contributed by atoms with Crippen LogP contribution < -0.4 is 10.2 Å². The lowest BCUT2D eigenvalue weighted by molar-refractivity contribution is -0.125. The van der Waals surface area contributed by atoms with Gasteiger partial charge in [-0.2, -0.15) is 0 Å². The molecule has 3 aliphatic rings. The fourth-order valence-corrected chi connectivity index (χ4v) is 4.10. The van der Waals surface area contributed by atoms with E-state index in [9.17, 15) is 9.18 Å². The van der Waals surface area contributed by atoms with Crippen LogP contribution in [0, 0.1) is 11.7 Å². The van der Waals surface area contributed by atoms with E-state index in [1.54, 1.807) is 0 Å². The van der Waals surface area contributed by atoms with Crippen molar-refractivity contribution < 1.29 is 13.9 Å². The Morgan fingerprint density at radius 2 is 1.83 bits per heavy atom. The number of anilines is 1. The van der Waals surface area contributed by atoms with E-state index in [1.165, 1.54) is 12.1 Å². The number of carbonyl (C=O) groups is 1. The van der Waals surface area contributed by atoms with Gasteiger partial charge in [-0.3, -0.25) is 9.69 Å². The van der Waals surface area contributed by atoms with Crippen molar-refractivity contribution in [2.75, 3.05) is 44.3 Å². The van der Waals surface area contributed by atoms with Crippen LogP contribution in [0.2, 0.25) is 0 Å². The van der Waals surface area contributed by atoms with Gasteiger partial charge in [-0.1, -0.05) is 0 Å². The molecule has 0 unspecified atom stereocenters. The molecular weight excluding hydrogens is 309 g/mol. The predicted octanol–water partition coefficient (Wildman–Crippen LogP) is 1.24. The van der Waals surface area contributed by atoms with Crippen molar-refractivity contribution in [1.82, 2.24) is 10.2 Å². The van der Waals surface area contributed by atoms with Crippen LogP contribution in [0.25, 0.3) is 0 Å². The maximum atomic E-state index is 13.1. The predicted molar refractivity (Wildman–Crippen MR) is 89.4 cm³/mol. The molecule has 3 aliphatic heterocycles. The second-order valence-corrected chi connectivity index (χ2v) is 7.09. The second-order valence-electron chi connectivity index (χ2n) is 7.09. The van der Waals surface area contributed by atoms with Crippen molar-refractivity contribution in [2.45, 2.75) is 24.9 Å². The van der Waals surface area contributed by atoms with Crippen LogP contribution in [-0.4, -0.2) is 62.3 Å². The third-order valence-electron chi connectivity index (χ3n) is 5.44. The zero-order valence-corrected chi connectivity index (χ0v) is 13.8. The first-order valence-electron chi connectivity index (χ1n) is 8.82. The van der Waals surface area contributed by atoms with Gasteiger partial charge in [-0.25, -0.2) is 4.39 Å². The van der Waals surface area contributed by atoms with Gasteiger partial charge in [0.2, 0.25) is 5.91 Å². The Morgan fingerprint density at radius 1 is 1.08 bits per heavy atom. The van der Waals surface area contributed by atoms with Crippen molar-refractivity contribution in [3.8, 4) is 0 Å². The van der Waals surface area contributed by atoms with Gasteiger partial charge in [0.1, 0.15) is 5.82 Å². The largest absolute Gasteiger partial charge is 0.378 e. The highest BCUT2D eigenvalue weighted by atomic mass is 19.1. The molecule has 1 amide bonds. The van der Waals surface area contributed by atoms with Gasteiger partial charge >= 0.3 is 0 Å². The number of hydrogen-bond acceptors (Lipinski definition) is 4. The first-order valence-corrected chi connectivity index (χ1v) is 8.82. The molecule has 6 heteroatoms. The lowest BCUT2D eigenvalue weighted by atomic mass is 10.00. The van der Waals surface area contributed by atoms with Crippen LogP contribution >= 0.6 is 0 Å². The minimum atomic E-state index is -0.191. The maximum Gasteiger partial charge on any atom is 0.227 e. The highest BCUT2D eigenvalue weighted by Gasteiger charge is 2.36. The molecule has 0 saturated carbocycles. The number of fused-ring (bicyclic) bond motifs is 3. The highest BCUT2D eigenvalue weighted by Crippen LogP contribution is 2.25. The number of carbonyl (C=O) groups excluding carboxylic acids is 1. The number of hydrogen-bond donors (Lipinski definition) is 1. The second kappa shape index (κ2) is 6.69. The first kappa shape index (κ1) is 15.8. The van der Waals surface area contributed by atoms with Crippen molar-refractivity contribution >= 4 is 11.6 Å². The fourth-order valence-electron chi connectivity index (χ4n) is 4.10. The van der Waals surface area contributed by atoms with Crippen molar-refractivity contribution in [2.24, 2.45) is 5.92 Å². The molecule has 130 valence electrons. The van der Waals surface area contributed by atoms with Crippen LogP contribution in [-0.2, 0) is 9.53 Å². The van der Waals surface area contributed by atoms with E-state index in [-0.39, 0.29) is 23.7 Å². The third kappa shape index (κ3) is 3.26. The van der Waals surface area contributed by atoms with Crippen LogP contribution in [0.3, 0.4) is 0 Å². The Kier molecular flexibility index (Phi) is 4.41. The smallest absolute Gasteiger partial charge is 0.227 e. The SMILES string of the molecule is O=C1N[C@@H]2COC[C@H]1CN(C1CCN(c3ccc(F)cc3)CC1)C2.